The number of benzene rings is 1. The van der Waals surface area contributed by atoms with Crippen LogP contribution in [-0.4, -0.2) is 39.6 Å². The fraction of sp³-hybridized carbons (Fsp3) is 0.200. The Morgan fingerprint density at radius 1 is 1.22 bits per heavy atom. The van der Waals surface area contributed by atoms with Gasteiger partial charge < -0.3 is 10.1 Å². The second kappa shape index (κ2) is 8.79. The number of halogens is 4. The van der Waals surface area contributed by atoms with Crippen LogP contribution in [0.2, 0.25) is 10.0 Å². The van der Waals surface area contributed by atoms with Gasteiger partial charge in [0.25, 0.3) is 0 Å². The second-order valence-corrected chi connectivity index (χ2v) is 7.68. The Morgan fingerprint density at radius 3 is 2.56 bits per heavy atom. The van der Waals surface area contributed by atoms with Crippen molar-refractivity contribution in [1.82, 2.24) is 9.71 Å². The summed E-state index contributed by atoms with van der Waals surface area (Å²) in [6.45, 7) is -0.0450. The summed E-state index contributed by atoms with van der Waals surface area (Å²) in [5.41, 5.74) is -0.826. The van der Waals surface area contributed by atoms with Gasteiger partial charge in [0.05, 0.1) is 27.6 Å². The molecular formula is C15H13Cl2F2N3O4S. The highest BCUT2D eigenvalue weighted by atomic mass is 35.5. The molecule has 2 rings (SSSR count). The molecule has 2 N–H and O–H groups in total. The third-order valence-corrected chi connectivity index (χ3v) is 5.17. The van der Waals surface area contributed by atoms with Gasteiger partial charge in [0.15, 0.2) is 11.6 Å². The number of pyridine rings is 1. The molecule has 0 amide bonds. The fourth-order valence-corrected chi connectivity index (χ4v) is 3.49. The second-order valence-electron chi connectivity index (χ2n) is 5.07. The molecular weight excluding hydrogens is 427 g/mol. The summed E-state index contributed by atoms with van der Waals surface area (Å²) in [5.74, 6) is -3.89. The van der Waals surface area contributed by atoms with Crippen LogP contribution in [0.15, 0.2) is 29.3 Å². The number of methoxy groups -OCH3 is 1. The number of sulfonamides is 1. The monoisotopic (exact) mass is 439 g/mol. The van der Waals surface area contributed by atoms with Gasteiger partial charge in [-0.2, -0.15) is 0 Å². The topological polar surface area (TPSA) is 97.4 Å². The number of rotatable bonds is 7. The van der Waals surface area contributed by atoms with Crippen LogP contribution in [-0.2, 0) is 14.8 Å². The van der Waals surface area contributed by atoms with E-state index in [1.807, 2.05) is 0 Å². The van der Waals surface area contributed by atoms with Gasteiger partial charge >= 0.3 is 5.97 Å². The van der Waals surface area contributed by atoms with E-state index in [0.29, 0.717) is 23.0 Å². The minimum atomic E-state index is -4.21. The van der Waals surface area contributed by atoms with Crippen LogP contribution in [0.1, 0.15) is 10.4 Å². The summed E-state index contributed by atoms with van der Waals surface area (Å²) < 4.78 is 58.2. The van der Waals surface area contributed by atoms with Crippen molar-refractivity contribution in [2.75, 3.05) is 25.5 Å². The van der Waals surface area contributed by atoms with Crippen LogP contribution in [0.25, 0.3) is 0 Å². The van der Waals surface area contributed by atoms with Crippen LogP contribution in [0.5, 0.6) is 0 Å². The van der Waals surface area contributed by atoms with E-state index in [-0.39, 0.29) is 18.1 Å². The van der Waals surface area contributed by atoms with E-state index in [2.05, 4.69) is 19.8 Å². The Morgan fingerprint density at radius 2 is 1.93 bits per heavy atom. The lowest BCUT2D eigenvalue weighted by Crippen LogP contribution is -2.29. The molecule has 0 saturated heterocycles. The number of nitrogens with zero attached hydrogens (tertiary/aromatic N) is 1. The van der Waals surface area contributed by atoms with E-state index in [9.17, 15) is 22.0 Å². The largest absolute Gasteiger partial charge is 0.465 e. The van der Waals surface area contributed by atoms with Crippen molar-refractivity contribution in [3.05, 3.63) is 51.6 Å². The number of ether oxygens (including phenoxy) is 1. The normalized spacial score (nSPS) is 11.3. The maximum atomic E-state index is 13.6. The number of carbonyl (C=O) groups excluding carboxylic acids is 1. The van der Waals surface area contributed by atoms with E-state index in [4.69, 9.17) is 23.2 Å². The molecule has 0 spiro atoms. The Labute approximate surface area is 163 Å². The van der Waals surface area contributed by atoms with Crippen molar-refractivity contribution in [3.8, 4) is 0 Å². The zero-order chi connectivity index (χ0) is 20.2. The first-order chi connectivity index (χ1) is 12.7. The van der Waals surface area contributed by atoms with Crippen LogP contribution in [0, 0.1) is 11.6 Å². The summed E-state index contributed by atoms with van der Waals surface area (Å²) in [5, 5.41) is 3.37. The average Bonchev–Trinajstić information content (AvgIpc) is 2.61. The first-order valence-electron chi connectivity index (χ1n) is 7.27. The molecule has 0 aliphatic rings. The van der Waals surface area contributed by atoms with Crippen molar-refractivity contribution in [3.63, 3.8) is 0 Å². The van der Waals surface area contributed by atoms with E-state index >= 15 is 0 Å². The molecule has 0 bridgehead atoms. The van der Waals surface area contributed by atoms with Crippen LogP contribution in [0.4, 0.5) is 14.6 Å². The van der Waals surface area contributed by atoms with Gasteiger partial charge in [-0.3, -0.25) is 0 Å². The van der Waals surface area contributed by atoms with Gasteiger partial charge in [0, 0.05) is 19.3 Å². The maximum Gasteiger partial charge on any atom is 0.341 e. The number of anilines is 1. The van der Waals surface area contributed by atoms with Crippen molar-refractivity contribution in [2.24, 2.45) is 0 Å². The molecule has 12 heteroatoms. The quantitative estimate of drug-likeness (QED) is 0.508. The molecule has 0 radical (unpaired) electrons. The van der Waals surface area contributed by atoms with Crippen molar-refractivity contribution < 1.29 is 26.7 Å². The fourth-order valence-electron chi connectivity index (χ4n) is 1.97. The Kier molecular flexibility index (Phi) is 6.93. The first kappa shape index (κ1) is 21.3. The third-order valence-electron chi connectivity index (χ3n) is 3.23. The molecule has 0 unspecified atom stereocenters. The molecule has 146 valence electrons. The predicted octanol–water partition coefficient (Wildman–Crippen LogP) is 2.84. The van der Waals surface area contributed by atoms with Gasteiger partial charge in [-0.15, -0.1) is 0 Å². The zero-order valence-corrected chi connectivity index (χ0v) is 16.1. The lowest BCUT2D eigenvalue weighted by atomic mass is 10.2. The molecule has 1 aromatic heterocycles. The first-order valence-corrected chi connectivity index (χ1v) is 9.51. The number of aromatic nitrogens is 1. The van der Waals surface area contributed by atoms with Crippen molar-refractivity contribution >= 4 is 45.0 Å². The van der Waals surface area contributed by atoms with Gasteiger partial charge in [-0.25, -0.2) is 31.7 Å². The molecule has 27 heavy (non-hydrogen) atoms. The number of hydrogen-bond donors (Lipinski definition) is 2. The molecule has 7 nitrogen and oxygen atoms in total. The Balaban J connectivity index is 2.08. The lowest BCUT2D eigenvalue weighted by Gasteiger charge is -2.11. The van der Waals surface area contributed by atoms with Crippen molar-refractivity contribution in [1.29, 1.82) is 0 Å². The number of carbonyl (C=O) groups is 1. The predicted molar refractivity (Wildman–Crippen MR) is 95.6 cm³/mol. The summed E-state index contributed by atoms with van der Waals surface area (Å²) in [6.07, 6.45) is 1.36. The molecule has 1 aromatic carbocycles. The number of esters is 1. The average molecular weight is 440 g/mol. The molecule has 2 aromatic rings. The zero-order valence-electron chi connectivity index (χ0n) is 13.7. The van der Waals surface area contributed by atoms with Crippen LogP contribution in [0.3, 0.4) is 0 Å². The van der Waals surface area contributed by atoms with E-state index in [1.54, 1.807) is 0 Å². The molecule has 0 aliphatic heterocycles. The highest BCUT2D eigenvalue weighted by Gasteiger charge is 2.23. The maximum absolute atomic E-state index is 13.6. The SMILES string of the molecule is COC(=O)c1cc(S(=O)(=O)NCCNc2ncc(Cl)cc2Cl)cc(F)c1F. The summed E-state index contributed by atoms with van der Waals surface area (Å²) in [6, 6.07) is 2.62. The van der Waals surface area contributed by atoms with E-state index < -0.39 is 38.1 Å². The molecule has 0 saturated carbocycles. The standard InChI is InChI=1S/C15H13Cl2F2N3O4S/c1-26-15(23)10-5-9(6-12(18)13(10)19)27(24,25)22-3-2-20-14-11(17)4-8(16)7-21-14/h4-7,22H,2-3H2,1H3,(H,20,21). The number of hydrogen-bond acceptors (Lipinski definition) is 6. The molecule has 1 heterocycles. The third kappa shape index (κ3) is 5.25. The summed E-state index contributed by atoms with van der Waals surface area (Å²) in [7, 11) is -3.25. The highest BCUT2D eigenvalue weighted by Crippen LogP contribution is 2.22. The van der Waals surface area contributed by atoms with Crippen molar-refractivity contribution in [2.45, 2.75) is 4.90 Å². The molecule has 0 atom stereocenters. The summed E-state index contributed by atoms with van der Waals surface area (Å²) >= 11 is 11.6. The minimum Gasteiger partial charge on any atom is -0.465 e. The van der Waals surface area contributed by atoms with Gasteiger partial charge in [-0.05, 0) is 18.2 Å². The summed E-state index contributed by atoms with van der Waals surface area (Å²) in [4.78, 5) is 14.8. The van der Waals surface area contributed by atoms with Gasteiger partial charge in [-0.1, -0.05) is 23.2 Å². The van der Waals surface area contributed by atoms with Crippen LogP contribution >= 0.6 is 23.2 Å². The minimum absolute atomic E-state index is 0.0844. The van der Waals surface area contributed by atoms with Gasteiger partial charge in [0.2, 0.25) is 10.0 Å². The lowest BCUT2D eigenvalue weighted by molar-refractivity contribution is 0.0594. The Hall–Kier alpha value is -2.01. The number of nitrogens with one attached hydrogen (secondary N) is 2. The molecule has 0 aliphatic carbocycles. The smallest absolute Gasteiger partial charge is 0.341 e. The Bertz CT molecular complexity index is 974. The van der Waals surface area contributed by atoms with Crippen LogP contribution < -0.4 is 10.0 Å². The van der Waals surface area contributed by atoms with E-state index in [1.165, 1.54) is 12.3 Å². The molecule has 0 fully saturated rings. The highest BCUT2D eigenvalue weighted by molar-refractivity contribution is 7.89. The van der Waals surface area contributed by atoms with Gasteiger partial charge in [0.1, 0.15) is 5.82 Å². The van der Waals surface area contributed by atoms with E-state index in [0.717, 1.165) is 7.11 Å².